The molecule has 10 heteroatoms. The number of carbonyl (C=O) groups excluding carboxylic acids is 1. The van der Waals surface area contributed by atoms with Gasteiger partial charge in [0.2, 0.25) is 0 Å². The number of carbonyl (C=O) groups is 1. The molecule has 26 heavy (non-hydrogen) atoms. The fraction of sp³-hybridized carbons (Fsp3) is 0.500. The summed E-state index contributed by atoms with van der Waals surface area (Å²) in [5.74, 6) is -1.44. The molecule has 1 aliphatic heterocycles. The van der Waals surface area contributed by atoms with Gasteiger partial charge in [-0.25, -0.2) is 13.4 Å². The lowest BCUT2D eigenvalue weighted by molar-refractivity contribution is -0.117. The standard InChI is InChI=1S/C16H20FN2O6S/c1-10-5-11-7-13(25-9-24-4-3-23-2)16(15(17)12(11)6-10)19-8-14(20)18-26(19,21)22/h7,10H,1,3-6,8-9H2,2H3,(H,18,20). The quantitative estimate of drug-likeness (QED) is 0.543. The molecule has 0 saturated carbocycles. The van der Waals surface area contributed by atoms with E-state index in [4.69, 9.17) is 14.2 Å². The van der Waals surface area contributed by atoms with Gasteiger partial charge in [-0.15, -0.1) is 0 Å². The highest BCUT2D eigenvalue weighted by Crippen LogP contribution is 2.41. The summed E-state index contributed by atoms with van der Waals surface area (Å²) in [7, 11) is -2.64. The Bertz CT molecular complexity index is 813. The Morgan fingerprint density at radius 3 is 2.81 bits per heavy atom. The van der Waals surface area contributed by atoms with E-state index in [9.17, 15) is 13.2 Å². The third kappa shape index (κ3) is 3.62. The van der Waals surface area contributed by atoms with E-state index in [1.165, 1.54) is 7.11 Å². The first kappa shape index (κ1) is 18.9. The molecule has 0 bridgehead atoms. The van der Waals surface area contributed by atoms with Gasteiger partial charge < -0.3 is 14.2 Å². The van der Waals surface area contributed by atoms with E-state index in [-0.39, 0.29) is 30.8 Å². The minimum Gasteiger partial charge on any atom is -0.465 e. The predicted molar refractivity (Wildman–Crippen MR) is 90.4 cm³/mol. The minimum atomic E-state index is -4.17. The van der Waals surface area contributed by atoms with E-state index in [0.29, 0.717) is 34.9 Å². The van der Waals surface area contributed by atoms with E-state index >= 15 is 4.39 Å². The van der Waals surface area contributed by atoms with Crippen molar-refractivity contribution in [2.75, 3.05) is 38.0 Å². The van der Waals surface area contributed by atoms with Crippen molar-refractivity contribution in [3.05, 3.63) is 29.9 Å². The Labute approximate surface area is 151 Å². The van der Waals surface area contributed by atoms with E-state index in [1.807, 2.05) is 4.72 Å². The Morgan fingerprint density at radius 1 is 1.38 bits per heavy atom. The van der Waals surface area contributed by atoms with Crippen LogP contribution in [0.1, 0.15) is 11.1 Å². The summed E-state index contributed by atoms with van der Waals surface area (Å²) in [5, 5.41) is 0. The number of halogens is 1. The highest BCUT2D eigenvalue weighted by atomic mass is 32.2. The zero-order valence-electron chi connectivity index (χ0n) is 14.3. The van der Waals surface area contributed by atoms with E-state index in [0.717, 1.165) is 0 Å². The number of rotatable bonds is 7. The van der Waals surface area contributed by atoms with Crippen molar-refractivity contribution >= 4 is 21.8 Å². The molecule has 1 radical (unpaired) electrons. The molecule has 1 fully saturated rings. The highest BCUT2D eigenvalue weighted by Gasteiger charge is 2.39. The minimum absolute atomic E-state index is 0.00417. The number of nitrogens with zero attached hydrogens (tertiary/aromatic N) is 1. The third-order valence-corrected chi connectivity index (χ3v) is 5.58. The maximum absolute atomic E-state index is 15.1. The number of ether oxygens (including phenoxy) is 3. The summed E-state index contributed by atoms with van der Waals surface area (Å²) in [6.07, 6.45) is 0.964. The van der Waals surface area contributed by atoms with Crippen molar-refractivity contribution in [3.8, 4) is 5.75 Å². The summed E-state index contributed by atoms with van der Waals surface area (Å²) in [5.41, 5.74) is 0.836. The summed E-state index contributed by atoms with van der Waals surface area (Å²) < 4.78 is 57.6. The molecule has 143 valence electrons. The van der Waals surface area contributed by atoms with Gasteiger partial charge in [-0.1, -0.05) is 0 Å². The third-order valence-electron chi connectivity index (χ3n) is 4.20. The van der Waals surface area contributed by atoms with Crippen molar-refractivity contribution in [2.45, 2.75) is 12.8 Å². The summed E-state index contributed by atoms with van der Waals surface area (Å²) in [4.78, 5) is 11.5. The molecule has 1 saturated heterocycles. The lowest BCUT2D eigenvalue weighted by Gasteiger charge is -2.21. The first-order chi connectivity index (χ1) is 12.3. The number of anilines is 1. The molecule has 1 unspecified atom stereocenters. The topological polar surface area (TPSA) is 94.2 Å². The normalized spacial score (nSPS) is 21.0. The SMILES string of the molecule is [CH2]C1Cc2cc(OCOCCOC)c(N3CC(=O)NS3(=O)=O)c(F)c2C1. The number of amides is 1. The van der Waals surface area contributed by atoms with Crippen LogP contribution in [0.25, 0.3) is 0 Å². The molecule has 1 amide bonds. The van der Waals surface area contributed by atoms with Crippen LogP contribution in [0.4, 0.5) is 10.1 Å². The second kappa shape index (κ2) is 7.37. The maximum Gasteiger partial charge on any atom is 0.326 e. The molecular weight excluding hydrogens is 367 g/mol. The Kier molecular flexibility index (Phi) is 5.35. The van der Waals surface area contributed by atoms with Gasteiger partial charge in [-0.3, -0.25) is 4.79 Å². The Hall–Kier alpha value is -1.91. The van der Waals surface area contributed by atoms with Gasteiger partial charge in [0.15, 0.2) is 12.6 Å². The predicted octanol–water partition coefficient (Wildman–Crippen LogP) is 0.555. The molecule has 1 aliphatic carbocycles. The van der Waals surface area contributed by atoms with Gasteiger partial charge in [0.05, 0.1) is 13.2 Å². The van der Waals surface area contributed by atoms with Crippen LogP contribution in [-0.2, 0) is 37.3 Å². The second-order valence-electron chi connectivity index (χ2n) is 6.15. The van der Waals surface area contributed by atoms with Gasteiger partial charge in [0.25, 0.3) is 5.91 Å². The zero-order chi connectivity index (χ0) is 18.9. The molecule has 1 aromatic carbocycles. The molecule has 2 aliphatic rings. The number of methoxy groups -OCH3 is 1. The summed E-state index contributed by atoms with van der Waals surface area (Å²) >= 11 is 0. The lowest BCUT2D eigenvalue weighted by Crippen LogP contribution is -2.31. The molecular formula is C16H20FN2O6S. The van der Waals surface area contributed by atoms with Gasteiger partial charge in [0.1, 0.15) is 18.0 Å². The van der Waals surface area contributed by atoms with Crippen LogP contribution in [0.3, 0.4) is 0 Å². The first-order valence-corrected chi connectivity index (χ1v) is 9.47. The van der Waals surface area contributed by atoms with Crippen LogP contribution in [0.5, 0.6) is 5.75 Å². The van der Waals surface area contributed by atoms with Crippen molar-refractivity contribution in [2.24, 2.45) is 5.92 Å². The number of nitrogens with one attached hydrogen (secondary N) is 1. The fourth-order valence-corrected chi connectivity index (χ4v) is 4.24. The van der Waals surface area contributed by atoms with Crippen LogP contribution >= 0.6 is 0 Å². The molecule has 1 aromatic rings. The van der Waals surface area contributed by atoms with Crippen LogP contribution in [-0.4, -0.2) is 48.0 Å². The van der Waals surface area contributed by atoms with E-state index in [1.54, 1.807) is 6.07 Å². The van der Waals surface area contributed by atoms with Gasteiger partial charge in [-0.2, -0.15) is 8.42 Å². The van der Waals surface area contributed by atoms with Crippen LogP contribution in [0.2, 0.25) is 0 Å². The van der Waals surface area contributed by atoms with Crippen molar-refractivity contribution in [1.82, 2.24) is 4.72 Å². The molecule has 0 spiro atoms. The fourth-order valence-electron chi connectivity index (χ4n) is 3.08. The molecule has 3 rings (SSSR count). The summed E-state index contributed by atoms with van der Waals surface area (Å²) in [6, 6.07) is 1.59. The Morgan fingerprint density at radius 2 is 2.15 bits per heavy atom. The van der Waals surface area contributed by atoms with Crippen molar-refractivity contribution < 1.29 is 31.8 Å². The molecule has 1 N–H and O–H groups in total. The smallest absolute Gasteiger partial charge is 0.326 e. The number of hydrogen-bond donors (Lipinski definition) is 1. The largest absolute Gasteiger partial charge is 0.465 e. The zero-order valence-corrected chi connectivity index (χ0v) is 15.1. The first-order valence-electron chi connectivity index (χ1n) is 8.03. The van der Waals surface area contributed by atoms with Gasteiger partial charge in [0, 0.05) is 7.11 Å². The average Bonchev–Trinajstić information content (AvgIpc) is 3.05. The van der Waals surface area contributed by atoms with Crippen LogP contribution in [0, 0.1) is 18.7 Å². The number of hydrogen-bond acceptors (Lipinski definition) is 6. The number of fused-ring (bicyclic) bond motifs is 1. The molecule has 1 heterocycles. The second-order valence-corrected chi connectivity index (χ2v) is 7.74. The van der Waals surface area contributed by atoms with Crippen molar-refractivity contribution in [3.63, 3.8) is 0 Å². The highest BCUT2D eigenvalue weighted by molar-refractivity contribution is 7.92. The van der Waals surface area contributed by atoms with E-state index in [2.05, 4.69) is 6.92 Å². The maximum atomic E-state index is 15.1. The molecule has 1 atom stereocenters. The molecule has 0 aromatic heterocycles. The Balaban J connectivity index is 1.95. The average molecular weight is 387 g/mol. The van der Waals surface area contributed by atoms with Gasteiger partial charge in [-0.05, 0) is 42.9 Å². The van der Waals surface area contributed by atoms with Crippen LogP contribution in [0.15, 0.2) is 6.07 Å². The summed E-state index contributed by atoms with van der Waals surface area (Å²) in [6.45, 7) is 3.85. The number of benzene rings is 1. The monoisotopic (exact) mass is 387 g/mol. The van der Waals surface area contributed by atoms with Crippen LogP contribution < -0.4 is 13.8 Å². The van der Waals surface area contributed by atoms with E-state index < -0.39 is 28.5 Å². The van der Waals surface area contributed by atoms with Gasteiger partial charge >= 0.3 is 10.2 Å². The lowest BCUT2D eigenvalue weighted by atomic mass is 10.1. The molecule has 8 nitrogen and oxygen atoms in total. The van der Waals surface area contributed by atoms with Crippen molar-refractivity contribution in [1.29, 1.82) is 0 Å².